The molecule has 0 saturated carbocycles. The van der Waals surface area contributed by atoms with Gasteiger partial charge in [0.05, 0.1) is 26.3 Å². The Labute approximate surface area is 177 Å². The molecule has 0 heterocycles. The number of amides is 1. The zero-order valence-electron chi connectivity index (χ0n) is 16.9. The molecule has 0 aliphatic carbocycles. The van der Waals surface area contributed by atoms with E-state index in [0.29, 0.717) is 0 Å². The first-order valence-corrected chi connectivity index (χ1v) is 9.47. The number of carbonyl (C=O) groups is 1. The van der Waals surface area contributed by atoms with E-state index in [2.05, 4.69) is 21.2 Å². The number of carbonyl (C=O) groups excluding carboxylic acids is 1. The molecule has 29 heavy (non-hydrogen) atoms. The Bertz CT molecular complexity index is 912. The highest BCUT2D eigenvalue weighted by molar-refractivity contribution is 9.10. The first-order chi connectivity index (χ1) is 13.7. The molecule has 8 nitrogen and oxygen atoms in total. The number of nitrogens with one attached hydrogen (secondary N) is 1. The molecule has 0 unspecified atom stereocenters. The van der Waals surface area contributed by atoms with Gasteiger partial charge in [-0.05, 0) is 17.7 Å². The maximum absolute atomic E-state index is 12.9. The molecule has 0 spiro atoms. The van der Waals surface area contributed by atoms with E-state index < -0.39 is 21.9 Å². The van der Waals surface area contributed by atoms with Gasteiger partial charge in [-0.25, -0.2) is 0 Å². The molecule has 0 aromatic heterocycles. The molecule has 0 radical (unpaired) electrons. The van der Waals surface area contributed by atoms with Crippen LogP contribution in [0.5, 0.6) is 17.2 Å². The minimum absolute atomic E-state index is 0.0495. The minimum atomic E-state index is -0.671. The second-order valence-electron chi connectivity index (χ2n) is 6.87. The summed E-state index contributed by atoms with van der Waals surface area (Å²) < 4.78 is 16.5. The highest BCUT2D eigenvalue weighted by Crippen LogP contribution is 2.46. The fourth-order valence-electron chi connectivity index (χ4n) is 2.89. The maximum Gasteiger partial charge on any atom is 0.327 e. The van der Waals surface area contributed by atoms with Crippen LogP contribution in [-0.4, -0.2) is 38.7 Å². The summed E-state index contributed by atoms with van der Waals surface area (Å²) >= 11 is 3.40. The molecule has 0 bridgehead atoms. The normalized spacial score (nSPS) is 11.0. The van der Waals surface area contributed by atoms with Crippen LogP contribution in [0.15, 0.2) is 34.8 Å². The van der Waals surface area contributed by atoms with Crippen LogP contribution in [0, 0.1) is 10.1 Å². The number of halogens is 1. The summed E-state index contributed by atoms with van der Waals surface area (Å²) in [5, 5.41) is 14.5. The average Bonchev–Trinajstić information content (AvgIpc) is 2.70. The molecule has 2 aromatic carbocycles. The van der Waals surface area contributed by atoms with Crippen molar-refractivity contribution in [1.82, 2.24) is 5.32 Å². The number of nitro groups is 1. The molecular weight excluding hydrogens is 444 g/mol. The Kier molecular flexibility index (Phi) is 7.07. The Morgan fingerprint density at radius 3 is 2.17 bits per heavy atom. The lowest BCUT2D eigenvalue weighted by molar-refractivity contribution is -0.386. The van der Waals surface area contributed by atoms with Crippen molar-refractivity contribution in [3.8, 4) is 17.2 Å². The summed E-state index contributed by atoms with van der Waals surface area (Å²) in [6, 6.07) is 9.03. The van der Waals surface area contributed by atoms with E-state index in [1.165, 1.54) is 27.4 Å². The summed E-state index contributed by atoms with van der Waals surface area (Å²) in [5.74, 6) is -0.573. The molecule has 0 saturated heterocycles. The third-order valence-corrected chi connectivity index (χ3v) is 5.08. The molecule has 0 aliphatic rings. The van der Waals surface area contributed by atoms with E-state index in [0.717, 1.165) is 10.0 Å². The van der Waals surface area contributed by atoms with Crippen LogP contribution in [-0.2, 0) is 5.41 Å². The van der Waals surface area contributed by atoms with Gasteiger partial charge in [0.1, 0.15) is 5.56 Å². The van der Waals surface area contributed by atoms with Gasteiger partial charge in [0.2, 0.25) is 11.5 Å². The molecule has 156 valence electrons. The maximum atomic E-state index is 12.9. The van der Waals surface area contributed by atoms with Gasteiger partial charge in [-0.1, -0.05) is 41.9 Å². The average molecular weight is 467 g/mol. The van der Waals surface area contributed by atoms with Gasteiger partial charge in [-0.3, -0.25) is 14.9 Å². The summed E-state index contributed by atoms with van der Waals surface area (Å²) in [7, 11) is 3.98. The first kappa shape index (κ1) is 22.5. The quantitative estimate of drug-likeness (QED) is 0.464. The Balaban J connectivity index is 2.39. The number of rotatable bonds is 8. The second-order valence-corrected chi connectivity index (χ2v) is 7.79. The van der Waals surface area contributed by atoms with Crippen LogP contribution < -0.4 is 19.5 Å². The molecule has 0 fully saturated rings. The van der Waals surface area contributed by atoms with Gasteiger partial charge in [0, 0.05) is 22.5 Å². The predicted molar refractivity (Wildman–Crippen MR) is 112 cm³/mol. The molecule has 9 heteroatoms. The van der Waals surface area contributed by atoms with Crippen molar-refractivity contribution in [3.63, 3.8) is 0 Å². The lowest BCUT2D eigenvalue weighted by Gasteiger charge is -2.26. The lowest BCUT2D eigenvalue weighted by atomic mass is 9.84. The van der Waals surface area contributed by atoms with Gasteiger partial charge in [0.15, 0.2) is 5.75 Å². The van der Waals surface area contributed by atoms with Crippen LogP contribution in [0.25, 0.3) is 0 Å². The number of nitrogens with zero attached hydrogens (tertiary/aromatic N) is 1. The Hall–Kier alpha value is -2.81. The standard InChI is InChI=1S/C20H23BrN2O6/c1-20(2,12-6-8-13(21)9-7-12)11-22-19(24)14-10-15(27-3)17(28-4)18(29-5)16(14)23(25)26/h6-10H,11H2,1-5H3,(H,22,24). The highest BCUT2D eigenvalue weighted by Gasteiger charge is 2.33. The second kappa shape index (κ2) is 9.13. The van der Waals surface area contributed by atoms with Crippen LogP contribution in [0.4, 0.5) is 5.69 Å². The van der Waals surface area contributed by atoms with E-state index in [-0.39, 0.29) is 29.4 Å². The lowest BCUT2D eigenvalue weighted by Crippen LogP contribution is -2.37. The van der Waals surface area contributed by atoms with Crippen molar-refractivity contribution in [1.29, 1.82) is 0 Å². The van der Waals surface area contributed by atoms with Crippen molar-refractivity contribution >= 4 is 27.5 Å². The molecule has 2 rings (SSSR count). The molecule has 2 aromatic rings. The fraction of sp³-hybridized carbons (Fsp3) is 0.350. The number of hydrogen-bond donors (Lipinski definition) is 1. The fourth-order valence-corrected chi connectivity index (χ4v) is 3.16. The van der Waals surface area contributed by atoms with Crippen LogP contribution in [0.3, 0.4) is 0 Å². The Morgan fingerprint density at radius 1 is 1.10 bits per heavy atom. The number of nitro benzene ring substituents is 1. The third-order valence-electron chi connectivity index (χ3n) is 4.55. The van der Waals surface area contributed by atoms with Crippen LogP contribution >= 0.6 is 15.9 Å². The number of methoxy groups -OCH3 is 3. The van der Waals surface area contributed by atoms with Crippen LogP contribution in [0.1, 0.15) is 29.8 Å². The van der Waals surface area contributed by atoms with E-state index in [9.17, 15) is 14.9 Å². The van der Waals surface area contributed by atoms with E-state index in [1.807, 2.05) is 38.1 Å². The van der Waals surface area contributed by atoms with Gasteiger partial charge in [-0.15, -0.1) is 0 Å². The summed E-state index contributed by atoms with van der Waals surface area (Å²) in [6.45, 7) is 4.21. The topological polar surface area (TPSA) is 99.9 Å². The summed E-state index contributed by atoms with van der Waals surface area (Å²) in [5.41, 5.74) is -0.0354. The van der Waals surface area contributed by atoms with E-state index >= 15 is 0 Å². The van der Waals surface area contributed by atoms with E-state index in [1.54, 1.807) is 0 Å². The molecule has 0 aliphatic heterocycles. The van der Waals surface area contributed by atoms with Gasteiger partial charge in [-0.2, -0.15) is 0 Å². The van der Waals surface area contributed by atoms with Crippen LogP contribution in [0.2, 0.25) is 0 Å². The highest BCUT2D eigenvalue weighted by atomic mass is 79.9. The van der Waals surface area contributed by atoms with Crippen molar-refractivity contribution in [2.45, 2.75) is 19.3 Å². The van der Waals surface area contributed by atoms with Crippen molar-refractivity contribution < 1.29 is 23.9 Å². The van der Waals surface area contributed by atoms with Crippen molar-refractivity contribution in [3.05, 3.63) is 56.0 Å². The zero-order chi connectivity index (χ0) is 21.8. The number of benzene rings is 2. The van der Waals surface area contributed by atoms with Crippen molar-refractivity contribution in [2.24, 2.45) is 0 Å². The molecule has 0 atom stereocenters. The van der Waals surface area contributed by atoms with Gasteiger partial charge < -0.3 is 19.5 Å². The molecule has 1 N–H and O–H groups in total. The SMILES string of the molecule is COc1cc(C(=O)NCC(C)(C)c2ccc(Br)cc2)c([N+](=O)[O-])c(OC)c1OC. The third kappa shape index (κ3) is 4.79. The monoisotopic (exact) mass is 466 g/mol. The number of ether oxygens (including phenoxy) is 3. The van der Waals surface area contributed by atoms with Gasteiger partial charge in [0.25, 0.3) is 5.91 Å². The minimum Gasteiger partial charge on any atom is -0.493 e. The molecule has 1 amide bonds. The number of hydrogen-bond acceptors (Lipinski definition) is 6. The van der Waals surface area contributed by atoms with E-state index in [4.69, 9.17) is 14.2 Å². The predicted octanol–water partition coefficient (Wildman–Crippen LogP) is 4.09. The first-order valence-electron chi connectivity index (χ1n) is 8.67. The largest absolute Gasteiger partial charge is 0.493 e. The molecular formula is C20H23BrN2O6. The smallest absolute Gasteiger partial charge is 0.327 e. The summed E-state index contributed by atoms with van der Waals surface area (Å²) in [6.07, 6.45) is 0. The Morgan fingerprint density at radius 2 is 1.69 bits per heavy atom. The zero-order valence-corrected chi connectivity index (χ0v) is 18.5. The summed E-state index contributed by atoms with van der Waals surface area (Å²) in [4.78, 5) is 23.9. The van der Waals surface area contributed by atoms with Crippen molar-refractivity contribution in [2.75, 3.05) is 27.9 Å². The van der Waals surface area contributed by atoms with Gasteiger partial charge >= 0.3 is 5.69 Å².